The first-order valence-electron chi connectivity index (χ1n) is 6.47. The van der Waals surface area contributed by atoms with E-state index in [4.69, 9.17) is 10.5 Å². The Bertz CT molecular complexity index is 399. The summed E-state index contributed by atoms with van der Waals surface area (Å²) in [7, 11) is 0. The molecule has 0 radical (unpaired) electrons. The number of rotatable bonds is 8. The lowest BCUT2D eigenvalue weighted by molar-refractivity contribution is -0.121. The lowest BCUT2D eigenvalue weighted by Crippen LogP contribution is -2.31. The lowest BCUT2D eigenvalue weighted by atomic mass is 10.2. The number of carbonyl (C=O) groups excluding carboxylic acids is 1. The van der Waals surface area contributed by atoms with Crippen LogP contribution in [0.4, 0.5) is 4.39 Å². The van der Waals surface area contributed by atoms with Gasteiger partial charge in [-0.3, -0.25) is 4.79 Å². The number of nitrogens with two attached hydrogens (primary N) is 1. The third kappa shape index (κ3) is 6.20. The van der Waals surface area contributed by atoms with Gasteiger partial charge in [0.05, 0.1) is 6.61 Å². The van der Waals surface area contributed by atoms with Gasteiger partial charge in [-0.2, -0.15) is 0 Å². The maximum atomic E-state index is 13.2. The van der Waals surface area contributed by atoms with Crippen molar-refractivity contribution in [1.29, 1.82) is 0 Å². The van der Waals surface area contributed by atoms with Crippen molar-refractivity contribution in [2.75, 3.05) is 19.7 Å². The minimum Gasteiger partial charge on any atom is -0.491 e. The van der Waals surface area contributed by atoms with Gasteiger partial charge in [0.2, 0.25) is 5.91 Å². The van der Waals surface area contributed by atoms with E-state index in [0.29, 0.717) is 32.5 Å². The summed E-state index contributed by atoms with van der Waals surface area (Å²) in [6, 6.07) is 6.22. The predicted molar refractivity (Wildman–Crippen MR) is 72.4 cm³/mol. The van der Waals surface area contributed by atoms with Crippen LogP contribution in [0.3, 0.4) is 0 Å². The molecule has 1 atom stereocenters. The molecule has 0 aliphatic heterocycles. The van der Waals surface area contributed by atoms with Gasteiger partial charge in [-0.05, 0) is 31.0 Å². The van der Waals surface area contributed by atoms with Crippen molar-refractivity contribution >= 4 is 5.91 Å². The van der Waals surface area contributed by atoms with Crippen molar-refractivity contribution < 1.29 is 13.9 Å². The third-order valence-corrected chi connectivity index (χ3v) is 2.69. The first-order chi connectivity index (χ1) is 9.13. The number of amides is 1. The second-order valence-corrected chi connectivity index (χ2v) is 4.53. The van der Waals surface area contributed by atoms with Gasteiger partial charge in [-0.15, -0.1) is 0 Å². The first kappa shape index (κ1) is 15.4. The van der Waals surface area contributed by atoms with Crippen LogP contribution in [0.2, 0.25) is 0 Å². The molecule has 0 spiro atoms. The number of nitrogens with one attached hydrogen (secondary N) is 1. The van der Waals surface area contributed by atoms with Crippen LogP contribution < -0.4 is 15.8 Å². The van der Waals surface area contributed by atoms with Crippen molar-refractivity contribution in [1.82, 2.24) is 5.32 Å². The second-order valence-electron chi connectivity index (χ2n) is 4.53. The molecule has 0 bridgehead atoms. The number of benzene rings is 1. The summed E-state index contributed by atoms with van der Waals surface area (Å²) in [4.78, 5) is 11.5. The SMILES string of the molecule is CC(CN)CNC(=O)CCCOc1ccccc1F. The summed E-state index contributed by atoms with van der Waals surface area (Å²) in [5.74, 6) is 0.0828. The number of hydrogen-bond donors (Lipinski definition) is 2. The largest absolute Gasteiger partial charge is 0.491 e. The van der Waals surface area contributed by atoms with Crippen molar-refractivity contribution in [3.05, 3.63) is 30.1 Å². The molecule has 0 aromatic heterocycles. The summed E-state index contributed by atoms with van der Waals surface area (Å²) >= 11 is 0. The molecule has 1 amide bonds. The Balaban J connectivity index is 2.14. The zero-order valence-corrected chi connectivity index (χ0v) is 11.2. The summed E-state index contributed by atoms with van der Waals surface area (Å²) in [6.45, 7) is 3.43. The van der Waals surface area contributed by atoms with Crippen LogP contribution in [0.1, 0.15) is 19.8 Å². The molecule has 0 saturated heterocycles. The van der Waals surface area contributed by atoms with Crippen molar-refractivity contribution in [2.45, 2.75) is 19.8 Å². The monoisotopic (exact) mass is 268 g/mol. The molecule has 19 heavy (non-hydrogen) atoms. The maximum Gasteiger partial charge on any atom is 0.220 e. The van der Waals surface area contributed by atoms with Gasteiger partial charge < -0.3 is 15.8 Å². The minimum atomic E-state index is -0.385. The van der Waals surface area contributed by atoms with E-state index in [1.807, 2.05) is 6.92 Å². The maximum absolute atomic E-state index is 13.2. The van der Waals surface area contributed by atoms with Crippen molar-refractivity contribution in [3.63, 3.8) is 0 Å². The van der Waals surface area contributed by atoms with E-state index < -0.39 is 0 Å². The summed E-state index contributed by atoms with van der Waals surface area (Å²) in [5, 5.41) is 2.79. The summed E-state index contributed by atoms with van der Waals surface area (Å²) in [6.07, 6.45) is 0.920. The van der Waals surface area contributed by atoms with Crippen LogP contribution in [-0.2, 0) is 4.79 Å². The zero-order valence-electron chi connectivity index (χ0n) is 11.2. The average molecular weight is 268 g/mol. The Morgan fingerprint density at radius 3 is 2.89 bits per heavy atom. The fourth-order valence-electron chi connectivity index (χ4n) is 1.44. The highest BCUT2D eigenvalue weighted by Gasteiger charge is 2.05. The predicted octanol–water partition coefficient (Wildman–Crippen LogP) is 1.70. The first-order valence-corrected chi connectivity index (χ1v) is 6.47. The quantitative estimate of drug-likeness (QED) is 0.705. The fourth-order valence-corrected chi connectivity index (χ4v) is 1.44. The molecule has 1 rings (SSSR count). The molecule has 0 aliphatic rings. The number of hydrogen-bond acceptors (Lipinski definition) is 3. The zero-order chi connectivity index (χ0) is 14.1. The summed E-state index contributed by atoms with van der Waals surface area (Å²) < 4.78 is 18.5. The van der Waals surface area contributed by atoms with Crippen LogP contribution in [0.15, 0.2) is 24.3 Å². The van der Waals surface area contributed by atoms with E-state index in [9.17, 15) is 9.18 Å². The Morgan fingerprint density at radius 2 is 2.21 bits per heavy atom. The average Bonchev–Trinajstić information content (AvgIpc) is 2.42. The molecule has 1 aromatic rings. The van der Waals surface area contributed by atoms with Gasteiger partial charge in [-0.1, -0.05) is 19.1 Å². The van der Waals surface area contributed by atoms with Gasteiger partial charge in [-0.25, -0.2) is 4.39 Å². The highest BCUT2D eigenvalue weighted by molar-refractivity contribution is 5.75. The molecule has 0 saturated carbocycles. The highest BCUT2D eigenvalue weighted by atomic mass is 19.1. The van der Waals surface area contributed by atoms with Crippen LogP contribution >= 0.6 is 0 Å². The molecule has 0 aliphatic carbocycles. The number of para-hydroxylation sites is 1. The van der Waals surface area contributed by atoms with E-state index in [1.165, 1.54) is 6.07 Å². The second kappa shape index (κ2) is 8.48. The van der Waals surface area contributed by atoms with Crippen molar-refractivity contribution in [3.8, 4) is 5.75 Å². The molecular formula is C14H21FN2O2. The number of carbonyl (C=O) groups is 1. The van der Waals surface area contributed by atoms with E-state index >= 15 is 0 Å². The normalized spacial score (nSPS) is 11.9. The standard InChI is InChI=1S/C14H21FN2O2/c1-11(9-16)10-17-14(18)7-4-8-19-13-6-3-2-5-12(13)15/h2-3,5-6,11H,4,7-10,16H2,1H3,(H,17,18). The third-order valence-electron chi connectivity index (χ3n) is 2.69. The Morgan fingerprint density at radius 1 is 1.47 bits per heavy atom. The van der Waals surface area contributed by atoms with Gasteiger partial charge in [0.25, 0.3) is 0 Å². The highest BCUT2D eigenvalue weighted by Crippen LogP contribution is 2.15. The Labute approximate surface area is 113 Å². The summed E-state index contributed by atoms with van der Waals surface area (Å²) in [5.41, 5.74) is 5.45. The Kier molecular flexibility index (Phi) is 6.89. The fraction of sp³-hybridized carbons (Fsp3) is 0.500. The van der Waals surface area contributed by atoms with E-state index in [1.54, 1.807) is 18.2 Å². The lowest BCUT2D eigenvalue weighted by Gasteiger charge is -2.10. The van der Waals surface area contributed by atoms with E-state index in [0.717, 1.165) is 0 Å². The van der Waals surface area contributed by atoms with Gasteiger partial charge in [0.15, 0.2) is 11.6 Å². The molecule has 106 valence electrons. The topological polar surface area (TPSA) is 64.3 Å². The van der Waals surface area contributed by atoms with Crippen LogP contribution in [-0.4, -0.2) is 25.6 Å². The Hall–Kier alpha value is -1.62. The van der Waals surface area contributed by atoms with Crippen molar-refractivity contribution in [2.24, 2.45) is 11.7 Å². The van der Waals surface area contributed by atoms with Crippen LogP contribution in [0, 0.1) is 11.7 Å². The van der Waals surface area contributed by atoms with Crippen LogP contribution in [0.25, 0.3) is 0 Å². The van der Waals surface area contributed by atoms with E-state index in [2.05, 4.69) is 5.32 Å². The van der Waals surface area contributed by atoms with Gasteiger partial charge >= 0.3 is 0 Å². The smallest absolute Gasteiger partial charge is 0.220 e. The molecule has 4 nitrogen and oxygen atoms in total. The molecule has 3 N–H and O–H groups in total. The number of halogens is 1. The molecule has 0 fully saturated rings. The van der Waals surface area contributed by atoms with E-state index in [-0.39, 0.29) is 23.4 Å². The van der Waals surface area contributed by atoms with Gasteiger partial charge in [0, 0.05) is 13.0 Å². The number of ether oxygens (including phenoxy) is 1. The molecule has 1 unspecified atom stereocenters. The molecule has 0 heterocycles. The van der Waals surface area contributed by atoms with Crippen LogP contribution in [0.5, 0.6) is 5.75 Å². The molecule has 1 aromatic carbocycles. The molecule has 5 heteroatoms. The minimum absolute atomic E-state index is 0.0302. The van der Waals surface area contributed by atoms with Gasteiger partial charge in [0.1, 0.15) is 0 Å². The molecular weight excluding hydrogens is 247 g/mol.